The number of hydrogen-bond donors (Lipinski definition) is 1. The fraction of sp³-hybridized carbons (Fsp3) is 0.556. The number of rotatable bonds is 3. The number of hydrogen-bond acceptors (Lipinski definition) is 6. The monoisotopic (exact) mass is 390 g/mol. The van der Waals surface area contributed by atoms with Crippen LogP contribution in [0.5, 0.6) is 0 Å². The van der Waals surface area contributed by atoms with Crippen molar-refractivity contribution in [3.63, 3.8) is 0 Å². The molecule has 1 N–H and O–H groups in total. The number of pyridine rings is 1. The summed E-state index contributed by atoms with van der Waals surface area (Å²) in [6.45, 7) is 17.0. The lowest BCUT2D eigenvalue weighted by Gasteiger charge is -2.36. The molecule has 0 aromatic carbocycles. The smallest absolute Gasteiger partial charge is 0.422 e. The number of halogens is 1. The molecule has 0 spiro atoms. The van der Waals surface area contributed by atoms with Gasteiger partial charge in [0.1, 0.15) is 22.6 Å². The molecule has 0 bridgehead atoms. The largest absolute Gasteiger partial charge is 0.443 e. The van der Waals surface area contributed by atoms with E-state index in [1.54, 1.807) is 5.01 Å². The van der Waals surface area contributed by atoms with E-state index in [0.717, 1.165) is 0 Å². The van der Waals surface area contributed by atoms with Crippen molar-refractivity contribution >= 4 is 29.2 Å². The van der Waals surface area contributed by atoms with Crippen LogP contribution in [-0.4, -0.2) is 47.9 Å². The van der Waals surface area contributed by atoms with Gasteiger partial charge in [0.25, 0.3) is 0 Å². The van der Waals surface area contributed by atoms with Crippen LogP contribution in [0.2, 0.25) is 5.15 Å². The Morgan fingerprint density at radius 3 is 2.52 bits per heavy atom. The Morgan fingerprint density at radius 1 is 1.41 bits per heavy atom. The van der Waals surface area contributed by atoms with E-state index in [9.17, 15) is 10.1 Å². The molecule has 1 fully saturated rings. The Kier molecular flexibility index (Phi) is 6.48. The van der Waals surface area contributed by atoms with Crippen molar-refractivity contribution in [3.8, 4) is 6.07 Å². The molecule has 1 aromatic rings. The van der Waals surface area contributed by atoms with Crippen LogP contribution in [0.3, 0.4) is 0 Å². The maximum absolute atomic E-state index is 11.9. The van der Waals surface area contributed by atoms with Crippen LogP contribution >= 0.6 is 11.6 Å². The highest BCUT2D eigenvalue weighted by atomic mass is 35.5. The number of hydrazine groups is 1. The summed E-state index contributed by atoms with van der Waals surface area (Å²) in [5.74, 6) is 0.489. The third kappa shape index (κ3) is 5.00. The summed E-state index contributed by atoms with van der Waals surface area (Å²) in [4.78, 5) is 21.8. The molecular formula is C18H23ClN6O2. The number of nitrogens with one attached hydrogen (secondary N) is 1. The summed E-state index contributed by atoms with van der Waals surface area (Å²) in [7, 11) is 0. The summed E-state index contributed by atoms with van der Waals surface area (Å²) in [6.07, 6.45) is 0.0290. The average Bonchev–Trinajstić information content (AvgIpc) is 2.59. The highest BCUT2D eigenvalue weighted by molar-refractivity contribution is 6.31. The van der Waals surface area contributed by atoms with Gasteiger partial charge in [-0.05, 0) is 32.8 Å². The molecule has 0 saturated carbocycles. The Balaban J connectivity index is 2.13. The maximum Gasteiger partial charge on any atom is 0.422 e. The first kappa shape index (κ1) is 20.8. The quantitative estimate of drug-likeness (QED) is 0.629. The molecule has 8 nitrogen and oxygen atoms in total. The van der Waals surface area contributed by atoms with Gasteiger partial charge in [-0.1, -0.05) is 18.5 Å². The van der Waals surface area contributed by atoms with Gasteiger partial charge in [0.05, 0.1) is 12.1 Å². The van der Waals surface area contributed by atoms with Crippen molar-refractivity contribution in [2.24, 2.45) is 0 Å². The third-order valence-electron chi connectivity index (χ3n) is 4.01. The molecule has 144 valence electrons. The second kappa shape index (κ2) is 8.43. The van der Waals surface area contributed by atoms with Crippen LogP contribution in [0.15, 0.2) is 0 Å². The lowest BCUT2D eigenvalue weighted by Crippen LogP contribution is -2.54. The van der Waals surface area contributed by atoms with Crippen molar-refractivity contribution in [1.29, 1.82) is 5.26 Å². The van der Waals surface area contributed by atoms with Gasteiger partial charge in [-0.15, -0.1) is 0 Å². The summed E-state index contributed by atoms with van der Waals surface area (Å²) in [6, 6.07) is 2.04. The van der Waals surface area contributed by atoms with E-state index >= 15 is 0 Å². The zero-order valence-electron chi connectivity index (χ0n) is 16.0. The van der Waals surface area contributed by atoms with E-state index in [-0.39, 0.29) is 10.7 Å². The molecular weight excluding hydrogens is 368 g/mol. The van der Waals surface area contributed by atoms with Crippen molar-refractivity contribution in [2.75, 3.05) is 31.1 Å². The SMILES string of the molecule is [C-]#[N+]c1c(N2CCN(NC(=O)OC(C)(C)C)CC2)nc(Cl)c(C#N)c1CC. The summed E-state index contributed by atoms with van der Waals surface area (Å²) in [5.41, 5.74) is 3.42. The number of nitriles is 1. The van der Waals surface area contributed by atoms with Crippen molar-refractivity contribution in [1.82, 2.24) is 15.4 Å². The van der Waals surface area contributed by atoms with Crippen LogP contribution in [0.4, 0.5) is 16.3 Å². The van der Waals surface area contributed by atoms with Crippen LogP contribution < -0.4 is 10.3 Å². The van der Waals surface area contributed by atoms with E-state index in [1.165, 1.54) is 0 Å². The molecule has 2 rings (SSSR count). The minimum absolute atomic E-state index is 0.117. The van der Waals surface area contributed by atoms with Crippen molar-refractivity contribution in [2.45, 2.75) is 39.7 Å². The number of piperazine rings is 1. The van der Waals surface area contributed by atoms with Crippen molar-refractivity contribution in [3.05, 3.63) is 27.7 Å². The highest BCUT2D eigenvalue weighted by Crippen LogP contribution is 2.36. The normalized spacial score (nSPS) is 15.0. The molecule has 1 amide bonds. The number of amides is 1. The number of aromatic nitrogens is 1. The fourth-order valence-electron chi connectivity index (χ4n) is 2.84. The molecule has 0 radical (unpaired) electrons. The third-order valence-corrected chi connectivity index (χ3v) is 4.29. The van der Waals surface area contributed by atoms with E-state index in [1.807, 2.05) is 38.7 Å². The first-order valence-corrected chi connectivity index (χ1v) is 9.07. The van der Waals surface area contributed by atoms with E-state index in [0.29, 0.717) is 49.7 Å². The number of ether oxygens (including phenoxy) is 1. The fourth-order valence-corrected chi connectivity index (χ4v) is 3.07. The highest BCUT2D eigenvalue weighted by Gasteiger charge is 2.26. The van der Waals surface area contributed by atoms with Crippen molar-refractivity contribution < 1.29 is 9.53 Å². The first-order valence-electron chi connectivity index (χ1n) is 8.69. The van der Waals surface area contributed by atoms with Crippen LogP contribution in [-0.2, 0) is 11.2 Å². The van der Waals surface area contributed by atoms with Crippen LogP contribution in [0, 0.1) is 17.9 Å². The summed E-state index contributed by atoms with van der Waals surface area (Å²) in [5, 5.41) is 11.2. The summed E-state index contributed by atoms with van der Waals surface area (Å²) >= 11 is 6.17. The number of nitrogens with zero attached hydrogens (tertiary/aromatic N) is 5. The second-order valence-corrected chi connectivity index (χ2v) is 7.45. The molecule has 0 atom stereocenters. The van der Waals surface area contributed by atoms with Gasteiger partial charge in [-0.25, -0.2) is 19.6 Å². The number of carbonyl (C=O) groups is 1. The van der Waals surface area contributed by atoms with Gasteiger partial charge in [-0.2, -0.15) is 5.26 Å². The Morgan fingerprint density at radius 2 is 2.04 bits per heavy atom. The maximum atomic E-state index is 11.9. The van der Waals surface area contributed by atoms with Crippen LogP contribution in [0.25, 0.3) is 4.85 Å². The first-order chi connectivity index (χ1) is 12.7. The summed E-state index contributed by atoms with van der Waals surface area (Å²) < 4.78 is 5.25. The zero-order valence-corrected chi connectivity index (χ0v) is 16.7. The van der Waals surface area contributed by atoms with Gasteiger partial charge in [0.15, 0.2) is 0 Å². The lowest BCUT2D eigenvalue weighted by molar-refractivity contribution is 0.0320. The average molecular weight is 391 g/mol. The van der Waals surface area contributed by atoms with E-state index < -0.39 is 11.7 Å². The minimum atomic E-state index is -0.559. The van der Waals surface area contributed by atoms with Gasteiger partial charge >= 0.3 is 6.09 Å². The Hall–Kier alpha value is -2.55. The predicted octanol–water partition coefficient (Wildman–Crippen LogP) is 3.28. The molecule has 0 aliphatic carbocycles. The predicted molar refractivity (Wildman–Crippen MR) is 103 cm³/mol. The van der Waals surface area contributed by atoms with Crippen LogP contribution in [0.1, 0.15) is 38.8 Å². The topological polar surface area (TPSA) is 85.8 Å². The molecule has 27 heavy (non-hydrogen) atoms. The molecule has 0 unspecified atom stereocenters. The van der Waals surface area contributed by atoms with Gasteiger partial charge in [0.2, 0.25) is 5.69 Å². The Bertz CT molecular complexity index is 798. The Labute approximate surface area is 164 Å². The lowest BCUT2D eigenvalue weighted by atomic mass is 10.1. The zero-order chi connectivity index (χ0) is 20.2. The van der Waals surface area contributed by atoms with Gasteiger partial charge in [0, 0.05) is 26.2 Å². The standard InChI is InChI=1S/C18H23ClN6O2/c1-6-12-13(11-20)15(19)22-16(14(12)21-5)24-7-9-25(10-8-24)23-17(26)27-18(2,3)4/h6-10H2,1-4H3,(H,23,26). The van der Waals surface area contributed by atoms with Gasteiger partial charge in [-0.3, -0.25) is 5.43 Å². The number of anilines is 1. The number of carbonyl (C=O) groups excluding carboxylic acids is 1. The minimum Gasteiger partial charge on any atom is -0.443 e. The molecule has 2 heterocycles. The van der Waals surface area contributed by atoms with E-state index in [4.69, 9.17) is 22.9 Å². The van der Waals surface area contributed by atoms with Gasteiger partial charge < -0.3 is 9.64 Å². The molecule has 1 aromatic heterocycles. The molecule has 1 saturated heterocycles. The second-order valence-electron chi connectivity index (χ2n) is 7.09. The van der Waals surface area contributed by atoms with E-state index in [2.05, 4.69) is 15.3 Å². The molecule has 1 aliphatic rings. The molecule has 9 heteroatoms. The molecule has 1 aliphatic heterocycles.